The molecule has 0 saturated carbocycles. The van der Waals surface area contributed by atoms with Crippen molar-refractivity contribution in [3.63, 3.8) is 0 Å². The van der Waals surface area contributed by atoms with Gasteiger partial charge in [-0.15, -0.1) is 0 Å². The lowest BCUT2D eigenvalue weighted by molar-refractivity contribution is -0.148. The van der Waals surface area contributed by atoms with E-state index < -0.39 is 11.9 Å². The second-order valence-corrected chi connectivity index (χ2v) is 4.64. The van der Waals surface area contributed by atoms with Crippen molar-refractivity contribution in [3.8, 4) is 0 Å². The maximum absolute atomic E-state index is 11.6. The van der Waals surface area contributed by atoms with Crippen molar-refractivity contribution in [1.82, 2.24) is 0 Å². The van der Waals surface area contributed by atoms with Gasteiger partial charge in [-0.2, -0.15) is 0 Å². The number of carbonyl (C=O) groups is 2. The lowest BCUT2D eigenvalue weighted by atomic mass is 9.92. The summed E-state index contributed by atoms with van der Waals surface area (Å²) in [6.45, 7) is 9.83. The second kappa shape index (κ2) is 4.80. The molecule has 0 aromatic heterocycles. The number of hydrogen-bond donors (Lipinski definition) is 1. The van der Waals surface area contributed by atoms with Gasteiger partial charge < -0.3 is 10.0 Å². The minimum absolute atomic E-state index is 0.697. The molecule has 0 bridgehead atoms. The molecule has 0 aliphatic carbocycles. The zero-order valence-electron chi connectivity index (χ0n) is 11.7. The first kappa shape index (κ1) is 14.2. The lowest BCUT2D eigenvalue weighted by Gasteiger charge is -2.24. The molecule has 0 unspecified atom stereocenters. The maximum Gasteiger partial charge on any atom is 0.394 e. The van der Waals surface area contributed by atoms with Crippen LogP contribution in [-0.2, 0) is 9.59 Å². The number of anilines is 1. The smallest absolute Gasteiger partial charge is 0.394 e. The van der Waals surface area contributed by atoms with E-state index in [1.807, 2.05) is 34.6 Å². The number of amides is 1. The van der Waals surface area contributed by atoms with Gasteiger partial charge in [0, 0.05) is 7.05 Å². The fraction of sp³-hybridized carbons (Fsp3) is 0.429. The Hall–Kier alpha value is -1.84. The third kappa shape index (κ3) is 2.10. The third-order valence-corrected chi connectivity index (χ3v) is 3.78. The van der Waals surface area contributed by atoms with E-state index in [1.165, 1.54) is 17.5 Å². The third-order valence-electron chi connectivity index (χ3n) is 3.78. The standard InChI is InChI=1S/C14H19NO3/c1-7-8(2)10(4)12(11(5)9(7)3)15(6)13(16)14(17)18/h1-6H3,(H,17,18). The molecule has 1 N–H and O–H groups in total. The molecule has 4 heteroatoms. The summed E-state index contributed by atoms with van der Waals surface area (Å²) in [5.74, 6) is -2.35. The highest BCUT2D eigenvalue weighted by atomic mass is 16.4. The van der Waals surface area contributed by atoms with Crippen LogP contribution in [0, 0.1) is 34.6 Å². The SMILES string of the molecule is Cc1c(C)c(C)c(N(C)C(=O)C(=O)O)c(C)c1C. The number of likely N-dealkylation sites (N-methyl/N-ethyl adjacent to an activating group) is 1. The molecule has 1 aromatic carbocycles. The molecule has 0 fully saturated rings. The minimum Gasteiger partial charge on any atom is -0.474 e. The van der Waals surface area contributed by atoms with E-state index in [4.69, 9.17) is 5.11 Å². The van der Waals surface area contributed by atoms with E-state index in [0.717, 1.165) is 22.3 Å². The van der Waals surface area contributed by atoms with Crippen LogP contribution in [0.5, 0.6) is 0 Å². The number of hydrogen-bond acceptors (Lipinski definition) is 2. The van der Waals surface area contributed by atoms with Gasteiger partial charge in [-0.05, 0) is 62.4 Å². The van der Waals surface area contributed by atoms with Crippen molar-refractivity contribution in [2.75, 3.05) is 11.9 Å². The largest absolute Gasteiger partial charge is 0.474 e. The number of nitrogens with zero attached hydrogens (tertiary/aromatic N) is 1. The molecular formula is C14H19NO3. The molecule has 4 nitrogen and oxygen atoms in total. The molecule has 0 radical (unpaired) electrons. The summed E-state index contributed by atoms with van der Waals surface area (Å²) in [7, 11) is 1.50. The number of rotatable bonds is 1. The summed E-state index contributed by atoms with van der Waals surface area (Å²) in [5.41, 5.74) is 5.98. The zero-order valence-corrected chi connectivity index (χ0v) is 11.7. The molecular weight excluding hydrogens is 230 g/mol. The molecule has 1 rings (SSSR count). The van der Waals surface area contributed by atoms with Crippen LogP contribution in [-0.4, -0.2) is 24.0 Å². The van der Waals surface area contributed by atoms with E-state index in [-0.39, 0.29) is 0 Å². The van der Waals surface area contributed by atoms with Gasteiger partial charge in [-0.25, -0.2) is 4.79 Å². The van der Waals surface area contributed by atoms with E-state index in [9.17, 15) is 9.59 Å². The van der Waals surface area contributed by atoms with Crippen molar-refractivity contribution in [1.29, 1.82) is 0 Å². The van der Waals surface area contributed by atoms with Crippen molar-refractivity contribution in [2.24, 2.45) is 0 Å². The van der Waals surface area contributed by atoms with Gasteiger partial charge in [0.1, 0.15) is 0 Å². The predicted molar refractivity (Wildman–Crippen MR) is 71.2 cm³/mol. The Labute approximate surface area is 107 Å². The fourth-order valence-corrected chi connectivity index (χ4v) is 2.23. The van der Waals surface area contributed by atoms with E-state index >= 15 is 0 Å². The van der Waals surface area contributed by atoms with Crippen LogP contribution in [0.4, 0.5) is 5.69 Å². The second-order valence-electron chi connectivity index (χ2n) is 4.64. The van der Waals surface area contributed by atoms with Gasteiger partial charge in [-0.3, -0.25) is 4.79 Å². The summed E-state index contributed by atoms with van der Waals surface area (Å²) < 4.78 is 0. The summed E-state index contributed by atoms with van der Waals surface area (Å²) in [5, 5.41) is 8.80. The Bertz CT molecular complexity index is 503. The van der Waals surface area contributed by atoms with Crippen LogP contribution in [0.1, 0.15) is 27.8 Å². The van der Waals surface area contributed by atoms with Gasteiger partial charge >= 0.3 is 11.9 Å². The Kier molecular flexibility index (Phi) is 3.79. The van der Waals surface area contributed by atoms with Crippen molar-refractivity contribution in [2.45, 2.75) is 34.6 Å². The quantitative estimate of drug-likeness (QED) is 0.777. The highest BCUT2D eigenvalue weighted by Gasteiger charge is 2.23. The summed E-state index contributed by atoms with van der Waals surface area (Å²) >= 11 is 0. The first-order valence-electron chi connectivity index (χ1n) is 5.78. The maximum atomic E-state index is 11.6. The average molecular weight is 249 g/mol. The number of benzene rings is 1. The fourth-order valence-electron chi connectivity index (χ4n) is 2.23. The summed E-state index contributed by atoms with van der Waals surface area (Å²) in [6, 6.07) is 0. The van der Waals surface area contributed by atoms with Gasteiger partial charge in [0.2, 0.25) is 0 Å². The molecule has 0 heterocycles. The van der Waals surface area contributed by atoms with Crippen LogP contribution in [0.2, 0.25) is 0 Å². The normalized spacial score (nSPS) is 10.3. The molecule has 0 aliphatic heterocycles. The predicted octanol–water partition coefficient (Wildman–Crippen LogP) is 2.28. The Morgan fingerprint density at radius 2 is 1.17 bits per heavy atom. The Morgan fingerprint density at radius 1 is 0.833 bits per heavy atom. The molecule has 0 aliphatic rings. The van der Waals surface area contributed by atoms with Crippen LogP contribution < -0.4 is 4.90 Å². The van der Waals surface area contributed by atoms with E-state index in [0.29, 0.717) is 5.69 Å². The molecule has 1 aromatic rings. The molecule has 98 valence electrons. The topological polar surface area (TPSA) is 57.6 Å². The molecule has 1 amide bonds. The van der Waals surface area contributed by atoms with Gasteiger partial charge in [0.15, 0.2) is 0 Å². The number of carboxylic acid groups (broad SMARTS) is 1. The lowest BCUT2D eigenvalue weighted by Crippen LogP contribution is -2.34. The van der Waals surface area contributed by atoms with E-state index in [2.05, 4.69) is 0 Å². The Balaban J connectivity index is 3.51. The number of aliphatic carboxylic acids is 1. The van der Waals surface area contributed by atoms with Crippen molar-refractivity contribution >= 4 is 17.6 Å². The number of carbonyl (C=O) groups excluding carboxylic acids is 1. The highest BCUT2D eigenvalue weighted by molar-refractivity contribution is 6.37. The summed E-state index contributed by atoms with van der Waals surface area (Å²) in [4.78, 5) is 23.6. The zero-order chi connectivity index (χ0) is 14.2. The van der Waals surface area contributed by atoms with Crippen LogP contribution in [0.15, 0.2) is 0 Å². The van der Waals surface area contributed by atoms with Gasteiger partial charge in [-0.1, -0.05) is 0 Å². The molecule has 0 spiro atoms. The van der Waals surface area contributed by atoms with Crippen molar-refractivity contribution < 1.29 is 14.7 Å². The molecule has 18 heavy (non-hydrogen) atoms. The first-order chi connectivity index (χ1) is 8.20. The molecule has 0 atom stereocenters. The van der Waals surface area contributed by atoms with Gasteiger partial charge in [0.25, 0.3) is 0 Å². The highest BCUT2D eigenvalue weighted by Crippen LogP contribution is 2.32. The summed E-state index contributed by atoms with van der Waals surface area (Å²) in [6.07, 6.45) is 0. The first-order valence-corrected chi connectivity index (χ1v) is 5.78. The van der Waals surface area contributed by atoms with Crippen LogP contribution in [0.3, 0.4) is 0 Å². The van der Waals surface area contributed by atoms with Crippen LogP contribution in [0.25, 0.3) is 0 Å². The minimum atomic E-state index is -1.44. The monoisotopic (exact) mass is 249 g/mol. The van der Waals surface area contributed by atoms with Gasteiger partial charge in [0.05, 0.1) is 5.69 Å². The van der Waals surface area contributed by atoms with E-state index in [1.54, 1.807) is 0 Å². The Morgan fingerprint density at radius 3 is 1.50 bits per heavy atom. The molecule has 0 saturated heterocycles. The van der Waals surface area contributed by atoms with Crippen LogP contribution >= 0.6 is 0 Å². The average Bonchev–Trinajstić information content (AvgIpc) is 2.32. The number of carboxylic acids is 1. The van der Waals surface area contributed by atoms with Crippen molar-refractivity contribution in [3.05, 3.63) is 27.8 Å².